The maximum Gasteiger partial charge on any atom is 0.257 e. The monoisotopic (exact) mass is 353 g/mol. The highest BCUT2D eigenvalue weighted by Gasteiger charge is 2.44. The normalized spacial score (nSPS) is 18.4. The van der Waals surface area contributed by atoms with Crippen molar-refractivity contribution in [2.75, 3.05) is 25.0 Å². The summed E-state index contributed by atoms with van der Waals surface area (Å²) in [5.74, 6) is 0.500. The maximum absolute atomic E-state index is 13.2. The summed E-state index contributed by atoms with van der Waals surface area (Å²) < 4.78 is 13.2. The highest BCUT2D eigenvalue weighted by Crippen LogP contribution is 2.48. The van der Waals surface area contributed by atoms with Crippen LogP contribution in [0.3, 0.4) is 0 Å². The number of rotatable bonds is 5. The largest absolute Gasteiger partial charge is 0.369 e. The van der Waals surface area contributed by atoms with Gasteiger partial charge in [-0.15, -0.1) is 0 Å². The third kappa shape index (κ3) is 3.43. The molecule has 0 atom stereocenters. The number of nitrogens with zero attached hydrogens (tertiary/aromatic N) is 2. The zero-order chi connectivity index (χ0) is 18.0. The van der Waals surface area contributed by atoms with Gasteiger partial charge in [-0.1, -0.05) is 12.1 Å². The number of hydrogen-bond donors (Lipinski definition) is 1. The summed E-state index contributed by atoms with van der Waals surface area (Å²) in [6, 6.07) is 10.4. The summed E-state index contributed by atoms with van der Waals surface area (Å²) >= 11 is 0. The number of likely N-dealkylation sites (tertiary alicyclic amines) is 1. The summed E-state index contributed by atoms with van der Waals surface area (Å²) in [6.45, 7) is 2.36. The molecule has 2 aliphatic rings. The Hall–Kier alpha value is -2.43. The molecule has 0 unspecified atom stereocenters. The number of aromatic nitrogens is 1. The van der Waals surface area contributed by atoms with Gasteiger partial charge in [0.2, 0.25) is 0 Å². The van der Waals surface area contributed by atoms with Crippen molar-refractivity contribution in [1.82, 2.24) is 9.88 Å². The molecule has 0 bridgehead atoms. The number of pyridine rings is 1. The Morgan fingerprint density at radius 1 is 1.12 bits per heavy atom. The topological polar surface area (TPSA) is 45.2 Å². The number of carbonyl (C=O) groups excluding carboxylic acids is 1. The second-order valence-corrected chi connectivity index (χ2v) is 7.39. The van der Waals surface area contributed by atoms with Gasteiger partial charge in [-0.2, -0.15) is 0 Å². The van der Waals surface area contributed by atoms with Crippen LogP contribution in [0.1, 0.15) is 48.0 Å². The molecule has 1 aromatic heterocycles. The molecule has 2 fully saturated rings. The van der Waals surface area contributed by atoms with E-state index < -0.39 is 0 Å². The van der Waals surface area contributed by atoms with Crippen LogP contribution in [0, 0.1) is 5.82 Å². The summed E-state index contributed by atoms with van der Waals surface area (Å²) in [6.07, 6.45) is 7.18. The molecule has 1 saturated heterocycles. The molecule has 1 aromatic carbocycles. The summed E-state index contributed by atoms with van der Waals surface area (Å²) in [7, 11) is 0. The number of piperidine rings is 1. The van der Waals surface area contributed by atoms with E-state index in [2.05, 4.69) is 10.3 Å². The number of nitrogens with one attached hydrogen (secondary N) is 1. The van der Waals surface area contributed by atoms with Crippen LogP contribution in [0.2, 0.25) is 0 Å². The predicted octanol–water partition coefficient (Wildman–Crippen LogP) is 3.99. The van der Waals surface area contributed by atoms with Crippen molar-refractivity contribution in [2.24, 2.45) is 0 Å². The third-order valence-electron chi connectivity index (χ3n) is 5.59. The van der Waals surface area contributed by atoms with Gasteiger partial charge >= 0.3 is 0 Å². The van der Waals surface area contributed by atoms with Crippen molar-refractivity contribution >= 4 is 11.7 Å². The molecule has 0 spiro atoms. The highest BCUT2D eigenvalue weighted by molar-refractivity contribution is 5.98. The predicted molar refractivity (Wildman–Crippen MR) is 99.8 cm³/mol. The molecule has 2 aromatic rings. The fourth-order valence-corrected chi connectivity index (χ4v) is 3.76. The quantitative estimate of drug-likeness (QED) is 0.884. The van der Waals surface area contributed by atoms with E-state index >= 15 is 0 Å². The molecule has 1 amide bonds. The van der Waals surface area contributed by atoms with E-state index in [9.17, 15) is 9.18 Å². The number of carbonyl (C=O) groups is 1. The van der Waals surface area contributed by atoms with Gasteiger partial charge in [0.05, 0.1) is 5.56 Å². The number of hydrogen-bond acceptors (Lipinski definition) is 3. The standard InChI is InChI=1S/C21H24FN3O/c22-17-8-6-16(7-9-17)21(10-11-21)15-24-19-18(5-4-12-23-19)20(26)25-13-2-1-3-14-25/h4-9,12H,1-3,10-11,13-15H2,(H,23,24). The fraction of sp³-hybridized carbons (Fsp3) is 0.429. The molecule has 1 aliphatic heterocycles. The smallest absolute Gasteiger partial charge is 0.257 e. The molecule has 1 aliphatic carbocycles. The molecular formula is C21H24FN3O. The number of halogens is 1. The van der Waals surface area contributed by atoms with Crippen molar-refractivity contribution < 1.29 is 9.18 Å². The Morgan fingerprint density at radius 3 is 2.54 bits per heavy atom. The van der Waals surface area contributed by atoms with Crippen LogP contribution in [0.4, 0.5) is 10.2 Å². The number of anilines is 1. The SMILES string of the molecule is O=C(c1cccnc1NCC1(c2ccc(F)cc2)CC1)N1CCCCC1. The van der Waals surface area contributed by atoms with Crippen molar-refractivity contribution in [3.63, 3.8) is 0 Å². The first-order chi connectivity index (χ1) is 12.7. The molecule has 26 heavy (non-hydrogen) atoms. The highest BCUT2D eigenvalue weighted by atomic mass is 19.1. The molecule has 1 N–H and O–H groups in total. The van der Waals surface area contributed by atoms with Gasteiger partial charge in [-0.05, 0) is 61.9 Å². The van der Waals surface area contributed by atoms with Crippen LogP contribution in [0.5, 0.6) is 0 Å². The van der Waals surface area contributed by atoms with Crippen LogP contribution in [-0.2, 0) is 5.41 Å². The first kappa shape index (κ1) is 17.0. The van der Waals surface area contributed by atoms with Gasteiger partial charge < -0.3 is 10.2 Å². The minimum Gasteiger partial charge on any atom is -0.369 e. The van der Waals surface area contributed by atoms with Gasteiger partial charge in [-0.3, -0.25) is 4.79 Å². The molecule has 2 heterocycles. The van der Waals surface area contributed by atoms with E-state index in [0.29, 0.717) is 17.9 Å². The Labute approximate surface area is 153 Å². The molecule has 4 nitrogen and oxygen atoms in total. The first-order valence-electron chi connectivity index (χ1n) is 9.42. The van der Waals surface area contributed by atoms with Crippen LogP contribution in [-0.4, -0.2) is 35.4 Å². The van der Waals surface area contributed by atoms with Crippen LogP contribution in [0.15, 0.2) is 42.6 Å². The van der Waals surface area contributed by atoms with Gasteiger partial charge in [0.25, 0.3) is 5.91 Å². The third-order valence-corrected chi connectivity index (χ3v) is 5.59. The Bertz CT molecular complexity index is 780. The number of benzene rings is 1. The average molecular weight is 353 g/mol. The number of amides is 1. The Kier molecular flexibility index (Phi) is 4.62. The van der Waals surface area contributed by atoms with Crippen LogP contribution < -0.4 is 5.32 Å². The van der Waals surface area contributed by atoms with Gasteiger partial charge in [0.1, 0.15) is 11.6 Å². The molecule has 1 saturated carbocycles. The zero-order valence-electron chi connectivity index (χ0n) is 14.9. The van der Waals surface area contributed by atoms with Crippen molar-refractivity contribution in [2.45, 2.75) is 37.5 Å². The van der Waals surface area contributed by atoms with Gasteiger partial charge in [-0.25, -0.2) is 9.37 Å². The molecule has 0 radical (unpaired) electrons. The second-order valence-electron chi connectivity index (χ2n) is 7.39. The van der Waals surface area contributed by atoms with E-state index in [1.807, 2.05) is 29.2 Å². The molecule has 136 valence electrons. The van der Waals surface area contributed by atoms with E-state index in [4.69, 9.17) is 0 Å². The lowest BCUT2D eigenvalue weighted by molar-refractivity contribution is 0.0725. The van der Waals surface area contributed by atoms with Gasteiger partial charge in [0.15, 0.2) is 0 Å². The van der Waals surface area contributed by atoms with Crippen molar-refractivity contribution in [1.29, 1.82) is 0 Å². The average Bonchev–Trinajstić information content (AvgIpc) is 3.48. The van der Waals surface area contributed by atoms with Crippen molar-refractivity contribution in [3.05, 3.63) is 59.5 Å². The molecule has 4 rings (SSSR count). The molecular weight excluding hydrogens is 329 g/mol. The Balaban J connectivity index is 1.49. The summed E-state index contributed by atoms with van der Waals surface area (Å²) in [4.78, 5) is 19.2. The second kappa shape index (κ2) is 7.06. The van der Waals surface area contributed by atoms with E-state index in [-0.39, 0.29) is 17.1 Å². The Morgan fingerprint density at radius 2 is 1.85 bits per heavy atom. The summed E-state index contributed by atoms with van der Waals surface area (Å²) in [5, 5.41) is 3.40. The summed E-state index contributed by atoms with van der Waals surface area (Å²) in [5.41, 5.74) is 1.81. The lowest BCUT2D eigenvalue weighted by Crippen LogP contribution is -2.36. The van der Waals surface area contributed by atoms with Gasteiger partial charge in [0, 0.05) is 31.2 Å². The maximum atomic E-state index is 13.2. The first-order valence-corrected chi connectivity index (χ1v) is 9.42. The lowest BCUT2D eigenvalue weighted by Gasteiger charge is -2.27. The fourth-order valence-electron chi connectivity index (χ4n) is 3.76. The lowest BCUT2D eigenvalue weighted by atomic mass is 9.96. The minimum atomic E-state index is -0.211. The van der Waals surface area contributed by atoms with Crippen LogP contribution in [0.25, 0.3) is 0 Å². The molecule has 5 heteroatoms. The minimum absolute atomic E-state index is 0.0245. The van der Waals surface area contributed by atoms with Crippen LogP contribution >= 0.6 is 0 Å². The van der Waals surface area contributed by atoms with Crippen molar-refractivity contribution in [3.8, 4) is 0 Å². The van der Waals surface area contributed by atoms with E-state index in [1.54, 1.807) is 6.20 Å². The van der Waals surface area contributed by atoms with E-state index in [1.165, 1.54) is 18.6 Å². The van der Waals surface area contributed by atoms with E-state index in [0.717, 1.165) is 44.3 Å². The zero-order valence-corrected chi connectivity index (χ0v) is 14.9.